The summed E-state index contributed by atoms with van der Waals surface area (Å²) in [5.74, 6) is 0.461. The number of nitrogens with zero attached hydrogens (tertiary/aromatic N) is 4. The number of benzene rings is 1. The van der Waals surface area contributed by atoms with Gasteiger partial charge in [-0.2, -0.15) is 0 Å². The molecule has 1 saturated heterocycles. The number of pyridine rings is 1. The zero-order valence-corrected chi connectivity index (χ0v) is 21.7. The highest BCUT2D eigenvalue weighted by molar-refractivity contribution is 6.32. The summed E-state index contributed by atoms with van der Waals surface area (Å²) in [6.45, 7) is 6.42. The van der Waals surface area contributed by atoms with Gasteiger partial charge >= 0.3 is 6.09 Å². The molecule has 2 aliphatic rings. The molecule has 1 aliphatic heterocycles. The molecule has 3 heterocycles. The maximum Gasteiger partial charge on any atom is 0.410 e. The van der Waals surface area contributed by atoms with Crippen LogP contribution in [-0.2, 0) is 4.74 Å². The van der Waals surface area contributed by atoms with Gasteiger partial charge in [0.05, 0.1) is 28.9 Å². The van der Waals surface area contributed by atoms with E-state index in [4.69, 9.17) is 25.8 Å². The minimum Gasteiger partial charge on any atom is -0.489 e. The zero-order valence-electron chi connectivity index (χ0n) is 21.0. The third-order valence-electron chi connectivity index (χ3n) is 6.16. The molecule has 5 rings (SSSR count). The average Bonchev–Trinajstić information content (AvgIpc) is 3.27. The van der Waals surface area contributed by atoms with Crippen molar-refractivity contribution in [1.82, 2.24) is 19.9 Å². The quantitative estimate of drug-likeness (QED) is 0.422. The molecule has 11 heteroatoms. The van der Waals surface area contributed by atoms with Gasteiger partial charge < -0.3 is 24.4 Å². The monoisotopic (exact) mass is 529 g/mol. The van der Waals surface area contributed by atoms with E-state index < -0.39 is 11.4 Å². The highest BCUT2D eigenvalue weighted by Gasteiger charge is 2.31. The number of carbonyl (C=O) groups excluding carboxylic acids is 1. The van der Waals surface area contributed by atoms with Gasteiger partial charge in [-0.1, -0.05) is 11.6 Å². The minimum atomic E-state index is -0.563. The number of aromatic nitrogens is 3. The van der Waals surface area contributed by atoms with E-state index in [9.17, 15) is 9.18 Å². The molecule has 196 valence electrons. The van der Waals surface area contributed by atoms with Crippen molar-refractivity contribution in [3.05, 3.63) is 41.4 Å². The fourth-order valence-electron chi connectivity index (χ4n) is 4.08. The van der Waals surface area contributed by atoms with Gasteiger partial charge in [0.1, 0.15) is 35.1 Å². The molecule has 0 spiro atoms. The minimum absolute atomic E-state index is 0.0835. The summed E-state index contributed by atoms with van der Waals surface area (Å²) >= 11 is 6.36. The van der Waals surface area contributed by atoms with Crippen LogP contribution >= 0.6 is 11.6 Å². The van der Waals surface area contributed by atoms with Crippen LogP contribution < -0.4 is 14.8 Å². The van der Waals surface area contributed by atoms with Crippen LogP contribution in [0.25, 0.3) is 11.0 Å². The van der Waals surface area contributed by atoms with Gasteiger partial charge in [-0.15, -0.1) is 0 Å². The molecule has 1 aromatic carbocycles. The second-order valence-corrected chi connectivity index (χ2v) is 10.7. The molecular formula is C26H29ClFN5O4. The highest BCUT2D eigenvalue weighted by atomic mass is 35.5. The Morgan fingerprint density at radius 2 is 1.95 bits per heavy atom. The summed E-state index contributed by atoms with van der Waals surface area (Å²) in [6, 6.07) is 6.22. The van der Waals surface area contributed by atoms with Crippen molar-refractivity contribution in [1.29, 1.82) is 0 Å². The van der Waals surface area contributed by atoms with Crippen LogP contribution in [0.3, 0.4) is 0 Å². The molecule has 0 unspecified atom stereocenters. The number of fused-ring (bicyclic) bond motifs is 1. The molecule has 2 aromatic heterocycles. The number of halogens is 2. The van der Waals surface area contributed by atoms with E-state index in [1.807, 2.05) is 20.8 Å². The van der Waals surface area contributed by atoms with Crippen molar-refractivity contribution in [2.24, 2.45) is 0 Å². The number of hydrogen-bond donors (Lipinski definition) is 1. The predicted molar refractivity (Wildman–Crippen MR) is 137 cm³/mol. The van der Waals surface area contributed by atoms with E-state index in [0.717, 1.165) is 19.3 Å². The van der Waals surface area contributed by atoms with Crippen molar-refractivity contribution in [2.45, 2.75) is 64.3 Å². The summed E-state index contributed by atoms with van der Waals surface area (Å²) in [6.07, 6.45) is 4.49. The van der Waals surface area contributed by atoms with Crippen molar-refractivity contribution in [3.63, 3.8) is 0 Å². The van der Waals surface area contributed by atoms with Gasteiger partial charge in [0, 0.05) is 25.1 Å². The molecule has 1 aliphatic carbocycles. The summed E-state index contributed by atoms with van der Waals surface area (Å²) in [5.41, 5.74) is 0.547. The van der Waals surface area contributed by atoms with Crippen LogP contribution in [0.4, 0.5) is 20.7 Å². The van der Waals surface area contributed by atoms with Crippen molar-refractivity contribution in [2.75, 3.05) is 18.4 Å². The summed E-state index contributed by atoms with van der Waals surface area (Å²) in [4.78, 5) is 27.1. The number of amides is 1. The van der Waals surface area contributed by atoms with Gasteiger partial charge in [0.2, 0.25) is 5.88 Å². The lowest BCUT2D eigenvalue weighted by atomic mass is 9.96. The highest BCUT2D eigenvalue weighted by Crippen LogP contribution is 2.35. The molecule has 0 radical (unpaired) electrons. The van der Waals surface area contributed by atoms with Gasteiger partial charge in [0.15, 0.2) is 5.82 Å². The first-order chi connectivity index (χ1) is 17.6. The van der Waals surface area contributed by atoms with E-state index in [2.05, 4.69) is 20.3 Å². The Kier molecular flexibility index (Phi) is 6.94. The molecular weight excluding hydrogens is 501 g/mol. The second-order valence-electron chi connectivity index (χ2n) is 10.3. The fourth-order valence-corrected chi connectivity index (χ4v) is 4.29. The van der Waals surface area contributed by atoms with Crippen LogP contribution in [0.1, 0.15) is 46.5 Å². The Morgan fingerprint density at radius 1 is 1.14 bits per heavy atom. The first-order valence-corrected chi connectivity index (χ1v) is 12.7. The standard InChI is InChI=1S/C26H29ClFN5O4/c1-26(2,3)37-25(34)33-10-9-16(13-33)36-22-8-7-19-23(32-22)24(30-14-29-19)31-20-11-17(27)21(12-18(20)28)35-15-5-4-6-15/h7-8,11-12,14-16H,4-6,9-10,13H2,1-3H3,(H,29,30,31)/t16-/m0/s1. The lowest BCUT2D eigenvalue weighted by Gasteiger charge is -2.27. The molecule has 9 nitrogen and oxygen atoms in total. The van der Waals surface area contributed by atoms with Crippen LogP contribution in [0.15, 0.2) is 30.6 Å². The van der Waals surface area contributed by atoms with E-state index in [1.165, 1.54) is 18.5 Å². The van der Waals surface area contributed by atoms with Crippen LogP contribution in [0.2, 0.25) is 5.02 Å². The fraction of sp³-hybridized carbons (Fsp3) is 0.462. The Balaban J connectivity index is 1.31. The zero-order chi connectivity index (χ0) is 26.2. The third-order valence-corrected chi connectivity index (χ3v) is 6.46. The van der Waals surface area contributed by atoms with Gasteiger partial charge in [-0.05, 0) is 52.2 Å². The molecule has 1 atom stereocenters. The average molecular weight is 530 g/mol. The number of anilines is 2. The summed E-state index contributed by atoms with van der Waals surface area (Å²) < 4.78 is 32.2. The van der Waals surface area contributed by atoms with E-state index >= 15 is 0 Å². The van der Waals surface area contributed by atoms with Crippen molar-refractivity contribution in [3.8, 4) is 11.6 Å². The summed E-state index contributed by atoms with van der Waals surface area (Å²) in [7, 11) is 0. The molecule has 1 amide bonds. The molecule has 0 bridgehead atoms. The first-order valence-electron chi connectivity index (χ1n) is 12.3. The van der Waals surface area contributed by atoms with Gasteiger partial charge in [-0.25, -0.2) is 24.1 Å². The van der Waals surface area contributed by atoms with Crippen LogP contribution in [0.5, 0.6) is 11.6 Å². The lowest BCUT2D eigenvalue weighted by Crippen LogP contribution is -2.36. The van der Waals surface area contributed by atoms with Crippen molar-refractivity contribution < 1.29 is 23.4 Å². The molecule has 37 heavy (non-hydrogen) atoms. The maximum absolute atomic E-state index is 14.9. The number of rotatable bonds is 6. The Bertz CT molecular complexity index is 1310. The van der Waals surface area contributed by atoms with Gasteiger partial charge in [-0.3, -0.25) is 0 Å². The molecule has 1 saturated carbocycles. The van der Waals surface area contributed by atoms with Gasteiger partial charge in [0.25, 0.3) is 0 Å². The number of likely N-dealkylation sites (tertiary alicyclic amines) is 1. The Labute approximate surface area is 219 Å². The Hall–Kier alpha value is -3.40. The maximum atomic E-state index is 14.9. The smallest absolute Gasteiger partial charge is 0.410 e. The largest absolute Gasteiger partial charge is 0.489 e. The summed E-state index contributed by atoms with van der Waals surface area (Å²) in [5, 5.41) is 3.28. The molecule has 2 fully saturated rings. The van der Waals surface area contributed by atoms with E-state index in [-0.39, 0.29) is 24.0 Å². The topological polar surface area (TPSA) is 98.7 Å². The Morgan fingerprint density at radius 3 is 2.68 bits per heavy atom. The predicted octanol–water partition coefficient (Wildman–Crippen LogP) is 5.88. The first kappa shape index (κ1) is 25.3. The SMILES string of the molecule is CC(C)(C)OC(=O)N1CC[C@H](Oc2ccc3ncnc(Nc4cc(Cl)c(OC5CCC5)cc4F)c3n2)C1. The number of nitrogens with one attached hydrogen (secondary N) is 1. The normalized spacial score (nSPS) is 18.0. The molecule has 3 aromatic rings. The van der Waals surface area contributed by atoms with Crippen LogP contribution in [-0.4, -0.2) is 56.8 Å². The second kappa shape index (κ2) is 10.2. The third kappa shape index (κ3) is 5.95. The number of carbonyl (C=O) groups is 1. The van der Waals surface area contributed by atoms with E-state index in [1.54, 1.807) is 17.0 Å². The lowest BCUT2D eigenvalue weighted by molar-refractivity contribution is 0.0275. The van der Waals surface area contributed by atoms with Crippen molar-refractivity contribution >= 4 is 40.2 Å². The van der Waals surface area contributed by atoms with Crippen LogP contribution in [0, 0.1) is 5.82 Å². The molecule has 1 N–H and O–H groups in total. The number of ether oxygens (including phenoxy) is 3. The van der Waals surface area contributed by atoms with E-state index in [0.29, 0.717) is 53.0 Å². The number of hydrogen-bond acceptors (Lipinski definition) is 8.